The van der Waals surface area contributed by atoms with Crippen molar-refractivity contribution in [3.05, 3.63) is 71.8 Å². The molecule has 0 radical (unpaired) electrons. The van der Waals surface area contributed by atoms with Gasteiger partial charge in [0.15, 0.2) is 0 Å². The third-order valence-corrected chi connectivity index (χ3v) is 4.87. The highest BCUT2D eigenvalue weighted by Gasteiger charge is 2.20. The van der Waals surface area contributed by atoms with Crippen LogP contribution in [0.1, 0.15) is 23.6 Å². The van der Waals surface area contributed by atoms with Gasteiger partial charge in [-0.15, -0.1) is 10.2 Å². The fraction of sp³-hybridized carbons (Fsp3) is 0.333. The molecule has 4 rings (SSSR count). The number of nitrogens with zero attached hydrogens (tertiary/aromatic N) is 3. The number of hydrogen-bond donors (Lipinski definition) is 1. The smallest absolute Gasteiger partial charge is 0.133 e. The lowest BCUT2D eigenvalue weighted by molar-refractivity contribution is 0.344. The predicted octanol–water partition coefficient (Wildman–Crippen LogP) is 3.73. The molecular weight excluding hydrogens is 324 g/mol. The molecule has 0 fully saturated rings. The molecule has 0 saturated heterocycles. The molecule has 0 amide bonds. The number of rotatable bonds is 6. The van der Waals surface area contributed by atoms with E-state index in [9.17, 15) is 0 Å². The van der Waals surface area contributed by atoms with Crippen molar-refractivity contribution >= 4 is 0 Å². The summed E-state index contributed by atoms with van der Waals surface area (Å²) in [5.74, 6) is 4.51. The zero-order chi connectivity index (χ0) is 17.8. The highest BCUT2D eigenvalue weighted by atomic mass is 16.5. The second-order valence-corrected chi connectivity index (χ2v) is 6.87. The van der Waals surface area contributed by atoms with Gasteiger partial charge in [-0.1, -0.05) is 30.3 Å². The quantitative estimate of drug-likeness (QED) is 0.737. The van der Waals surface area contributed by atoms with Crippen LogP contribution in [0.2, 0.25) is 0 Å². The fourth-order valence-corrected chi connectivity index (χ4v) is 3.46. The SMILES string of the molecule is Cc1nnc2n1C[C@@H](CNCc1cccc(Oc3ccccc3)c1)CC2. The number of hydrogen-bond acceptors (Lipinski definition) is 4. The molecule has 0 saturated carbocycles. The molecular formula is C21H24N4O. The maximum absolute atomic E-state index is 5.91. The molecule has 1 aromatic heterocycles. The molecule has 134 valence electrons. The van der Waals surface area contributed by atoms with Gasteiger partial charge in [0, 0.05) is 19.5 Å². The molecule has 3 aromatic rings. The highest BCUT2D eigenvalue weighted by molar-refractivity contribution is 5.33. The average Bonchev–Trinajstić information content (AvgIpc) is 3.04. The zero-order valence-corrected chi connectivity index (χ0v) is 15.1. The van der Waals surface area contributed by atoms with Crippen molar-refractivity contribution in [3.8, 4) is 11.5 Å². The number of nitrogens with one attached hydrogen (secondary N) is 1. The summed E-state index contributed by atoms with van der Waals surface area (Å²) < 4.78 is 8.17. The van der Waals surface area contributed by atoms with Gasteiger partial charge in [-0.05, 0) is 55.6 Å². The molecule has 1 atom stereocenters. The van der Waals surface area contributed by atoms with Crippen molar-refractivity contribution in [2.24, 2.45) is 5.92 Å². The lowest BCUT2D eigenvalue weighted by Gasteiger charge is -2.24. The minimum atomic E-state index is 0.626. The first-order valence-electron chi connectivity index (χ1n) is 9.19. The second-order valence-electron chi connectivity index (χ2n) is 6.87. The van der Waals surface area contributed by atoms with Gasteiger partial charge < -0.3 is 14.6 Å². The van der Waals surface area contributed by atoms with E-state index in [0.29, 0.717) is 5.92 Å². The van der Waals surface area contributed by atoms with E-state index in [-0.39, 0.29) is 0 Å². The number of aromatic nitrogens is 3. The van der Waals surface area contributed by atoms with E-state index in [1.165, 1.54) is 12.0 Å². The third-order valence-electron chi connectivity index (χ3n) is 4.87. The van der Waals surface area contributed by atoms with Crippen molar-refractivity contribution in [3.63, 3.8) is 0 Å². The van der Waals surface area contributed by atoms with Crippen LogP contribution in [0.4, 0.5) is 0 Å². The van der Waals surface area contributed by atoms with Gasteiger partial charge in [-0.3, -0.25) is 0 Å². The van der Waals surface area contributed by atoms with Crippen LogP contribution in [0, 0.1) is 12.8 Å². The number of para-hydroxylation sites is 1. The Balaban J connectivity index is 1.30. The Labute approximate surface area is 154 Å². The number of benzene rings is 2. The second kappa shape index (κ2) is 7.70. The molecule has 0 unspecified atom stereocenters. The first-order chi connectivity index (χ1) is 12.8. The predicted molar refractivity (Wildman–Crippen MR) is 101 cm³/mol. The zero-order valence-electron chi connectivity index (χ0n) is 15.1. The summed E-state index contributed by atoms with van der Waals surface area (Å²) in [6.07, 6.45) is 2.19. The standard InChI is InChI=1S/C21H24N4O/c1-16-23-24-21-11-10-18(15-25(16)21)14-22-13-17-6-5-9-20(12-17)26-19-7-3-2-4-8-19/h2-9,12,18,22H,10-11,13-15H2,1H3/t18-/m1/s1. The molecule has 2 aromatic carbocycles. The molecule has 1 aliphatic rings. The molecule has 5 nitrogen and oxygen atoms in total. The van der Waals surface area contributed by atoms with Crippen LogP contribution in [0.3, 0.4) is 0 Å². The number of aryl methyl sites for hydroxylation is 2. The van der Waals surface area contributed by atoms with E-state index >= 15 is 0 Å². The Morgan fingerprint density at radius 1 is 1.08 bits per heavy atom. The van der Waals surface area contributed by atoms with E-state index in [4.69, 9.17) is 4.74 Å². The minimum Gasteiger partial charge on any atom is -0.457 e. The number of fused-ring (bicyclic) bond motifs is 1. The summed E-state index contributed by atoms with van der Waals surface area (Å²) in [7, 11) is 0. The van der Waals surface area contributed by atoms with E-state index in [1.54, 1.807) is 0 Å². The van der Waals surface area contributed by atoms with Crippen LogP contribution in [-0.4, -0.2) is 21.3 Å². The molecule has 1 N–H and O–H groups in total. The van der Waals surface area contributed by atoms with Gasteiger partial charge in [0.25, 0.3) is 0 Å². The van der Waals surface area contributed by atoms with E-state index in [2.05, 4.69) is 32.2 Å². The summed E-state index contributed by atoms with van der Waals surface area (Å²) in [6.45, 7) is 4.89. The van der Waals surface area contributed by atoms with E-state index < -0.39 is 0 Å². The Kier molecular flexibility index (Phi) is 4.97. The molecule has 0 aliphatic carbocycles. The lowest BCUT2D eigenvalue weighted by Crippen LogP contribution is -2.30. The molecule has 2 heterocycles. The van der Waals surface area contributed by atoms with Gasteiger partial charge in [-0.25, -0.2) is 0 Å². The summed E-state index contributed by atoms with van der Waals surface area (Å²) in [5, 5.41) is 12.0. The monoisotopic (exact) mass is 348 g/mol. The Hall–Kier alpha value is -2.66. The largest absolute Gasteiger partial charge is 0.457 e. The maximum atomic E-state index is 5.91. The highest BCUT2D eigenvalue weighted by Crippen LogP contribution is 2.22. The third kappa shape index (κ3) is 3.94. The van der Waals surface area contributed by atoms with Crippen LogP contribution in [0.25, 0.3) is 0 Å². The van der Waals surface area contributed by atoms with Crippen LogP contribution in [0.5, 0.6) is 11.5 Å². The Bertz CT molecular complexity index is 859. The van der Waals surface area contributed by atoms with Crippen molar-refractivity contribution in [1.82, 2.24) is 20.1 Å². The van der Waals surface area contributed by atoms with Crippen molar-refractivity contribution in [2.75, 3.05) is 6.54 Å². The molecule has 26 heavy (non-hydrogen) atoms. The topological polar surface area (TPSA) is 52.0 Å². The van der Waals surface area contributed by atoms with Crippen LogP contribution < -0.4 is 10.1 Å². The van der Waals surface area contributed by atoms with E-state index in [1.807, 2.05) is 49.4 Å². The maximum Gasteiger partial charge on any atom is 0.133 e. The van der Waals surface area contributed by atoms with Gasteiger partial charge in [0.05, 0.1) is 0 Å². The summed E-state index contributed by atoms with van der Waals surface area (Å²) in [5.41, 5.74) is 1.23. The molecule has 0 bridgehead atoms. The number of ether oxygens (including phenoxy) is 1. The Morgan fingerprint density at radius 3 is 2.81 bits per heavy atom. The van der Waals surface area contributed by atoms with Gasteiger partial charge >= 0.3 is 0 Å². The van der Waals surface area contributed by atoms with Gasteiger partial charge in [-0.2, -0.15) is 0 Å². The minimum absolute atomic E-state index is 0.626. The normalized spacial score (nSPS) is 16.3. The summed E-state index contributed by atoms with van der Waals surface area (Å²) >= 11 is 0. The van der Waals surface area contributed by atoms with Crippen LogP contribution >= 0.6 is 0 Å². The summed E-state index contributed by atoms with van der Waals surface area (Å²) in [4.78, 5) is 0. The van der Waals surface area contributed by atoms with Crippen LogP contribution in [0.15, 0.2) is 54.6 Å². The molecule has 5 heteroatoms. The van der Waals surface area contributed by atoms with Crippen molar-refractivity contribution < 1.29 is 4.74 Å². The van der Waals surface area contributed by atoms with Crippen molar-refractivity contribution in [1.29, 1.82) is 0 Å². The fourth-order valence-electron chi connectivity index (χ4n) is 3.46. The molecule has 1 aliphatic heterocycles. The summed E-state index contributed by atoms with van der Waals surface area (Å²) in [6, 6.07) is 18.2. The van der Waals surface area contributed by atoms with Crippen LogP contribution in [-0.2, 0) is 19.5 Å². The first kappa shape index (κ1) is 16.8. The lowest BCUT2D eigenvalue weighted by atomic mass is 9.99. The van der Waals surface area contributed by atoms with E-state index in [0.717, 1.165) is 49.2 Å². The average molecular weight is 348 g/mol. The van der Waals surface area contributed by atoms with Gasteiger partial charge in [0.1, 0.15) is 23.1 Å². The van der Waals surface area contributed by atoms with Gasteiger partial charge in [0.2, 0.25) is 0 Å². The first-order valence-corrected chi connectivity index (χ1v) is 9.19. The Morgan fingerprint density at radius 2 is 1.92 bits per heavy atom. The molecule has 0 spiro atoms. The van der Waals surface area contributed by atoms with Crippen molar-refractivity contribution in [2.45, 2.75) is 32.9 Å².